The van der Waals surface area contributed by atoms with Crippen LogP contribution in [0.25, 0.3) is 11.3 Å². The van der Waals surface area contributed by atoms with Crippen LogP contribution in [0.1, 0.15) is 41.7 Å². The average molecular weight is 398 g/mol. The van der Waals surface area contributed by atoms with Gasteiger partial charge < -0.3 is 16.0 Å². The van der Waals surface area contributed by atoms with E-state index in [-0.39, 0.29) is 11.7 Å². The second kappa shape index (κ2) is 7.20. The zero-order chi connectivity index (χ0) is 19.7. The molecule has 4 rings (SSSR count). The number of carbonyl (C=O) groups is 2. The molecule has 1 aliphatic carbocycles. The number of aromatic amines is 1. The lowest BCUT2D eigenvalue weighted by Crippen LogP contribution is -2.38. The number of H-pyrrole nitrogens is 1. The zero-order valence-corrected chi connectivity index (χ0v) is 15.8. The smallest absolute Gasteiger partial charge is 0.265 e. The lowest BCUT2D eigenvalue weighted by atomic mass is 9.78. The van der Waals surface area contributed by atoms with Gasteiger partial charge in [0.05, 0.1) is 11.1 Å². The summed E-state index contributed by atoms with van der Waals surface area (Å²) in [6, 6.07) is 7.90. The van der Waals surface area contributed by atoms with Crippen LogP contribution in [-0.2, 0) is 10.2 Å². The standard InChI is InChI=1S/C20H19FN4O2S/c21-14-5-3-4-13(9-14)20(6-1-2-7-20)18(27)25-19-24-16(11-28-19)12-8-15(17(22)26)23-10-12/h3-5,8-11,23H,1-2,6-7H2,(H2,22,26)(H,24,25,27). The van der Waals surface area contributed by atoms with Gasteiger partial charge in [0.2, 0.25) is 5.91 Å². The minimum atomic E-state index is -0.735. The van der Waals surface area contributed by atoms with E-state index in [0.717, 1.165) is 12.8 Å². The van der Waals surface area contributed by atoms with E-state index >= 15 is 0 Å². The largest absolute Gasteiger partial charge is 0.364 e. The van der Waals surface area contributed by atoms with E-state index in [1.165, 1.54) is 23.5 Å². The van der Waals surface area contributed by atoms with Gasteiger partial charge in [-0.05, 0) is 36.6 Å². The Morgan fingerprint density at radius 2 is 2.04 bits per heavy atom. The third-order valence-electron chi connectivity index (χ3n) is 5.24. The Balaban J connectivity index is 1.57. The quantitative estimate of drug-likeness (QED) is 0.609. The van der Waals surface area contributed by atoms with Gasteiger partial charge in [-0.25, -0.2) is 9.37 Å². The van der Waals surface area contributed by atoms with Gasteiger partial charge in [0.1, 0.15) is 11.5 Å². The number of rotatable bonds is 5. The molecule has 0 bridgehead atoms. The maximum atomic E-state index is 13.8. The number of benzene rings is 1. The van der Waals surface area contributed by atoms with Crippen LogP contribution in [0.15, 0.2) is 41.9 Å². The van der Waals surface area contributed by atoms with Gasteiger partial charge in [0.25, 0.3) is 5.91 Å². The van der Waals surface area contributed by atoms with E-state index in [9.17, 15) is 14.0 Å². The molecule has 6 nitrogen and oxygen atoms in total. The highest BCUT2D eigenvalue weighted by atomic mass is 32.1. The highest BCUT2D eigenvalue weighted by Crippen LogP contribution is 2.42. The fourth-order valence-electron chi connectivity index (χ4n) is 3.78. The summed E-state index contributed by atoms with van der Waals surface area (Å²) in [6.45, 7) is 0. The number of hydrogen-bond acceptors (Lipinski definition) is 4. The number of nitrogens with zero attached hydrogens (tertiary/aromatic N) is 1. The van der Waals surface area contributed by atoms with Gasteiger partial charge in [-0.15, -0.1) is 11.3 Å². The monoisotopic (exact) mass is 398 g/mol. The van der Waals surface area contributed by atoms with Crippen molar-refractivity contribution in [1.29, 1.82) is 0 Å². The number of halogens is 1. The maximum Gasteiger partial charge on any atom is 0.265 e. The van der Waals surface area contributed by atoms with Crippen molar-refractivity contribution in [2.24, 2.45) is 5.73 Å². The van der Waals surface area contributed by atoms with Crippen molar-refractivity contribution >= 4 is 28.3 Å². The van der Waals surface area contributed by atoms with Crippen LogP contribution in [0.2, 0.25) is 0 Å². The minimum Gasteiger partial charge on any atom is -0.364 e. The first-order chi connectivity index (χ1) is 13.5. The van der Waals surface area contributed by atoms with Crippen molar-refractivity contribution in [2.45, 2.75) is 31.1 Å². The molecule has 3 aromatic rings. The van der Waals surface area contributed by atoms with Crippen LogP contribution in [0, 0.1) is 5.82 Å². The SMILES string of the molecule is NC(=O)c1cc(-c2csc(NC(=O)C3(c4cccc(F)c4)CCCC3)n2)c[nH]1. The summed E-state index contributed by atoms with van der Waals surface area (Å²) >= 11 is 1.30. The van der Waals surface area contributed by atoms with Crippen molar-refractivity contribution < 1.29 is 14.0 Å². The Morgan fingerprint density at radius 3 is 2.71 bits per heavy atom. The molecule has 0 spiro atoms. The van der Waals surface area contributed by atoms with E-state index in [1.807, 2.05) is 6.07 Å². The molecule has 8 heteroatoms. The second-order valence-electron chi connectivity index (χ2n) is 6.96. The van der Waals surface area contributed by atoms with Gasteiger partial charge in [-0.1, -0.05) is 25.0 Å². The van der Waals surface area contributed by atoms with Gasteiger partial charge in [-0.2, -0.15) is 0 Å². The molecular formula is C20H19FN4O2S. The van der Waals surface area contributed by atoms with Crippen molar-refractivity contribution in [2.75, 3.05) is 5.32 Å². The molecule has 0 atom stereocenters. The molecule has 144 valence electrons. The normalized spacial score (nSPS) is 15.5. The van der Waals surface area contributed by atoms with Crippen LogP contribution < -0.4 is 11.1 Å². The summed E-state index contributed by atoms with van der Waals surface area (Å²) in [6.07, 6.45) is 4.85. The van der Waals surface area contributed by atoms with Crippen molar-refractivity contribution in [3.05, 3.63) is 59.0 Å². The molecule has 2 heterocycles. The highest BCUT2D eigenvalue weighted by Gasteiger charge is 2.43. The van der Waals surface area contributed by atoms with Gasteiger partial charge in [-0.3, -0.25) is 9.59 Å². The summed E-state index contributed by atoms with van der Waals surface area (Å²) in [5.74, 6) is -1.05. The number of hydrogen-bond donors (Lipinski definition) is 3. The molecule has 2 amide bonds. The minimum absolute atomic E-state index is 0.164. The summed E-state index contributed by atoms with van der Waals surface area (Å²) < 4.78 is 13.8. The molecular weight excluding hydrogens is 379 g/mol. The lowest BCUT2D eigenvalue weighted by Gasteiger charge is -2.27. The van der Waals surface area contributed by atoms with Crippen LogP contribution in [0.5, 0.6) is 0 Å². The summed E-state index contributed by atoms with van der Waals surface area (Å²) in [5, 5.41) is 5.17. The molecule has 1 fully saturated rings. The molecule has 1 aromatic carbocycles. The Hall–Kier alpha value is -3.00. The van der Waals surface area contributed by atoms with Crippen LogP contribution in [-0.4, -0.2) is 21.8 Å². The van der Waals surface area contributed by atoms with Crippen molar-refractivity contribution in [1.82, 2.24) is 9.97 Å². The Labute approximate surface area is 165 Å². The predicted molar refractivity (Wildman–Crippen MR) is 106 cm³/mol. The van der Waals surface area contributed by atoms with E-state index in [0.29, 0.717) is 40.5 Å². The number of anilines is 1. The summed E-state index contributed by atoms with van der Waals surface area (Å²) in [4.78, 5) is 31.6. The fraction of sp³-hybridized carbons (Fsp3) is 0.250. The number of primary amides is 1. The zero-order valence-electron chi connectivity index (χ0n) is 15.0. The molecule has 28 heavy (non-hydrogen) atoms. The molecule has 2 aromatic heterocycles. The first kappa shape index (κ1) is 18.4. The topological polar surface area (TPSA) is 101 Å². The van der Waals surface area contributed by atoms with Gasteiger partial charge >= 0.3 is 0 Å². The predicted octanol–water partition coefficient (Wildman–Crippen LogP) is 3.83. The molecule has 1 saturated carbocycles. The van der Waals surface area contributed by atoms with Crippen LogP contribution in [0.4, 0.5) is 9.52 Å². The number of thiazole rings is 1. The highest BCUT2D eigenvalue weighted by molar-refractivity contribution is 7.14. The van der Waals surface area contributed by atoms with Crippen LogP contribution >= 0.6 is 11.3 Å². The first-order valence-electron chi connectivity index (χ1n) is 8.99. The Morgan fingerprint density at radius 1 is 1.25 bits per heavy atom. The molecule has 0 radical (unpaired) electrons. The third kappa shape index (κ3) is 3.31. The maximum absolute atomic E-state index is 13.8. The first-order valence-corrected chi connectivity index (χ1v) is 9.87. The van der Waals surface area contributed by atoms with Crippen molar-refractivity contribution in [3.63, 3.8) is 0 Å². The Kier molecular flexibility index (Phi) is 4.72. The number of nitrogens with two attached hydrogens (primary N) is 1. The Bertz CT molecular complexity index is 1040. The third-order valence-corrected chi connectivity index (χ3v) is 6.00. The number of carbonyl (C=O) groups excluding carboxylic acids is 2. The van der Waals surface area contributed by atoms with E-state index < -0.39 is 11.3 Å². The van der Waals surface area contributed by atoms with Crippen molar-refractivity contribution in [3.8, 4) is 11.3 Å². The molecule has 1 aliphatic rings. The average Bonchev–Trinajstić information content (AvgIpc) is 3.42. The van der Waals surface area contributed by atoms with E-state index in [1.54, 1.807) is 23.7 Å². The molecule has 0 unspecified atom stereocenters. The molecule has 0 aliphatic heterocycles. The van der Waals surface area contributed by atoms with Gasteiger partial charge in [0, 0.05) is 17.1 Å². The van der Waals surface area contributed by atoms with E-state index in [2.05, 4.69) is 15.3 Å². The van der Waals surface area contributed by atoms with Crippen LogP contribution in [0.3, 0.4) is 0 Å². The van der Waals surface area contributed by atoms with Gasteiger partial charge in [0.15, 0.2) is 5.13 Å². The fourth-order valence-corrected chi connectivity index (χ4v) is 4.49. The molecule has 0 saturated heterocycles. The molecule has 4 N–H and O–H groups in total. The second-order valence-corrected chi connectivity index (χ2v) is 7.82. The number of amides is 2. The number of aromatic nitrogens is 2. The van der Waals surface area contributed by atoms with E-state index in [4.69, 9.17) is 5.73 Å². The lowest BCUT2D eigenvalue weighted by molar-refractivity contribution is -0.121. The summed E-state index contributed by atoms with van der Waals surface area (Å²) in [5.41, 5.74) is 6.87. The summed E-state index contributed by atoms with van der Waals surface area (Å²) in [7, 11) is 0. The number of nitrogens with one attached hydrogen (secondary N) is 2.